The number of fused-ring (bicyclic) bond motifs is 1. The average Bonchev–Trinajstić information content (AvgIpc) is 2.27. The van der Waals surface area contributed by atoms with Crippen molar-refractivity contribution in [2.24, 2.45) is 5.92 Å². The van der Waals surface area contributed by atoms with E-state index in [0.29, 0.717) is 0 Å². The van der Waals surface area contributed by atoms with Crippen LogP contribution in [-0.2, 0) is 35.7 Å². The van der Waals surface area contributed by atoms with Crippen LogP contribution in [0.1, 0.15) is 12.8 Å². The van der Waals surface area contributed by atoms with Crippen molar-refractivity contribution in [1.82, 2.24) is 0 Å². The highest BCUT2D eigenvalue weighted by Crippen LogP contribution is 2.34. The molecule has 1 aliphatic carbocycles. The van der Waals surface area contributed by atoms with Crippen LogP contribution in [0.25, 0.3) is 0 Å². The lowest BCUT2D eigenvalue weighted by Gasteiger charge is -2.38. The summed E-state index contributed by atoms with van der Waals surface area (Å²) < 4.78 is 20.1. The van der Waals surface area contributed by atoms with Gasteiger partial charge in [-0.25, -0.2) is 4.21 Å². The van der Waals surface area contributed by atoms with Crippen molar-refractivity contribution >= 4 is 17.0 Å². The molecule has 1 heterocycles. The number of carboxylic acids is 1. The van der Waals surface area contributed by atoms with E-state index in [1.54, 1.807) is 0 Å². The van der Waals surface area contributed by atoms with Gasteiger partial charge in [0.15, 0.2) is 11.1 Å². The first kappa shape index (κ1) is 11.9. The van der Waals surface area contributed by atoms with Crippen molar-refractivity contribution in [3.63, 3.8) is 0 Å². The number of rotatable bonds is 2. The first-order chi connectivity index (χ1) is 7.61. The second-order valence-electron chi connectivity index (χ2n) is 3.59. The molecular weight excluding hydrogens is 244 g/mol. The van der Waals surface area contributed by atoms with E-state index < -0.39 is 40.4 Å². The molecule has 0 aromatic carbocycles. The topological polar surface area (TPSA) is 112 Å². The van der Waals surface area contributed by atoms with Gasteiger partial charge in [0, 0.05) is 0 Å². The van der Waals surface area contributed by atoms with Gasteiger partial charge < -0.3 is 9.66 Å². The molecule has 16 heavy (non-hydrogen) atoms. The van der Waals surface area contributed by atoms with Crippen LogP contribution in [0.3, 0.4) is 0 Å². The van der Waals surface area contributed by atoms with Crippen LogP contribution in [0, 0.1) is 5.92 Å². The van der Waals surface area contributed by atoms with Crippen molar-refractivity contribution in [2.75, 3.05) is 0 Å². The Morgan fingerprint density at radius 2 is 1.81 bits per heavy atom. The highest BCUT2D eigenvalue weighted by molar-refractivity contribution is 7.80. The van der Waals surface area contributed by atoms with E-state index >= 15 is 0 Å². The van der Waals surface area contributed by atoms with Crippen LogP contribution in [0.5, 0.6) is 0 Å². The lowest BCUT2D eigenvalue weighted by atomic mass is 9.84. The van der Waals surface area contributed by atoms with Crippen molar-refractivity contribution in [2.45, 2.75) is 30.3 Å². The first-order valence-corrected chi connectivity index (χ1v) is 5.76. The maximum Gasteiger partial charge on any atom is 0.309 e. The Morgan fingerprint density at radius 1 is 1.19 bits per heavy atom. The van der Waals surface area contributed by atoms with E-state index in [1.165, 1.54) is 0 Å². The van der Waals surface area contributed by atoms with Crippen LogP contribution >= 0.6 is 0 Å². The van der Waals surface area contributed by atoms with E-state index in [-0.39, 0.29) is 12.8 Å². The standard InChI is InChI=1S/C7H10O8S/c8-7(9)3-1-2-4(16(10)11)6-5(3)12-14-15-13-6/h3-6H,1-2H2,(H,8,9)(H,10,11). The molecule has 2 aliphatic rings. The molecule has 2 N–H and O–H groups in total. The maximum atomic E-state index is 11.0. The zero-order valence-corrected chi connectivity index (χ0v) is 8.79. The lowest BCUT2D eigenvalue weighted by Crippen LogP contribution is -2.54. The minimum absolute atomic E-state index is 0.222. The monoisotopic (exact) mass is 254 g/mol. The molecule has 0 aromatic rings. The molecule has 1 saturated heterocycles. The Hall–Kier alpha value is -0.580. The molecule has 8 nitrogen and oxygen atoms in total. The third-order valence-corrected chi connectivity index (χ3v) is 3.78. The molecule has 2 rings (SSSR count). The number of carbonyl (C=O) groups is 1. The summed E-state index contributed by atoms with van der Waals surface area (Å²) in [4.78, 5) is 20.3. The fraction of sp³-hybridized carbons (Fsp3) is 0.857. The zero-order valence-electron chi connectivity index (χ0n) is 7.98. The third kappa shape index (κ3) is 2.10. The smallest absolute Gasteiger partial charge is 0.309 e. The molecule has 5 unspecified atom stereocenters. The molecule has 0 amide bonds. The van der Waals surface area contributed by atoms with E-state index in [1.807, 2.05) is 0 Å². The minimum atomic E-state index is -2.13. The predicted molar refractivity (Wildman–Crippen MR) is 46.8 cm³/mol. The van der Waals surface area contributed by atoms with Crippen molar-refractivity contribution in [3.05, 3.63) is 0 Å². The van der Waals surface area contributed by atoms with Gasteiger partial charge in [0.25, 0.3) is 0 Å². The SMILES string of the molecule is O=C(O)C1CCC(S(=O)O)C2OOOOC12. The largest absolute Gasteiger partial charge is 0.481 e. The Labute approximate surface area is 92.5 Å². The van der Waals surface area contributed by atoms with Crippen LogP contribution in [0.15, 0.2) is 0 Å². The summed E-state index contributed by atoms with van der Waals surface area (Å²) in [5.41, 5.74) is 0. The number of hydrogen-bond acceptors (Lipinski definition) is 6. The first-order valence-electron chi connectivity index (χ1n) is 4.59. The Bertz CT molecular complexity index is 277. The highest BCUT2D eigenvalue weighted by atomic mass is 32.2. The van der Waals surface area contributed by atoms with E-state index in [0.717, 1.165) is 0 Å². The summed E-state index contributed by atoms with van der Waals surface area (Å²) in [6.07, 6.45) is -1.40. The Kier molecular flexibility index (Phi) is 3.52. The van der Waals surface area contributed by atoms with Gasteiger partial charge in [-0.3, -0.25) is 4.79 Å². The van der Waals surface area contributed by atoms with E-state index in [9.17, 15) is 9.00 Å². The van der Waals surface area contributed by atoms with Gasteiger partial charge in [0.1, 0.15) is 12.2 Å². The molecule has 92 valence electrons. The van der Waals surface area contributed by atoms with Crippen molar-refractivity contribution in [1.29, 1.82) is 0 Å². The van der Waals surface area contributed by atoms with Gasteiger partial charge in [0.2, 0.25) is 0 Å². The summed E-state index contributed by atoms with van der Waals surface area (Å²) in [7, 11) is 0. The molecule has 0 radical (unpaired) electrons. The van der Waals surface area contributed by atoms with Crippen molar-refractivity contribution < 1.29 is 38.5 Å². The molecule has 2 fully saturated rings. The molecule has 0 spiro atoms. The second kappa shape index (κ2) is 4.73. The number of carboxylic acid groups (broad SMARTS) is 1. The normalized spacial score (nSPS) is 41.1. The third-order valence-electron chi connectivity index (χ3n) is 2.75. The van der Waals surface area contributed by atoms with Crippen LogP contribution in [0.2, 0.25) is 0 Å². The summed E-state index contributed by atoms with van der Waals surface area (Å²) in [6.45, 7) is 0. The molecule has 0 bridgehead atoms. The quantitative estimate of drug-likeness (QED) is 0.507. The van der Waals surface area contributed by atoms with Gasteiger partial charge in [-0.05, 0) is 22.9 Å². The average molecular weight is 254 g/mol. The van der Waals surface area contributed by atoms with Gasteiger partial charge in [0.05, 0.1) is 11.2 Å². The van der Waals surface area contributed by atoms with Crippen LogP contribution in [-0.4, -0.2) is 37.3 Å². The van der Waals surface area contributed by atoms with Crippen LogP contribution in [0.4, 0.5) is 0 Å². The fourth-order valence-electron chi connectivity index (χ4n) is 1.95. The molecule has 5 atom stereocenters. The predicted octanol–water partition coefficient (Wildman–Crippen LogP) is -0.367. The molecular formula is C7H10O8S. The summed E-state index contributed by atoms with van der Waals surface area (Å²) >= 11 is -2.13. The second-order valence-corrected chi connectivity index (χ2v) is 4.75. The molecule has 1 saturated carbocycles. The van der Waals surface area contributed by atoms with Crippen LogP contribution < -0.4 is 0 Å². The molecule has 0 aromatic heterocycles. The molecule has 1 aliphatic heterocycles. The van der Waals surface area contributed by atoms with E-state index in [2.05, 4.69) is 19.9 Å². The Balaban J connectivity index is 2.17. The van der Waals surface area contributed by atoms with E-state index in [4.69, 9.17) is 9.66 Å². The number of hydrogen-bond donors (Lipinski definition) is 2. The van der Waals surface area contributed by atoms with Gasteiger partial charge in [-0.15, -0.1) is 0 Å². The Morgan fingerprint density at radius 3 is 2.38 bits per heavy atom. The summed E-state index contributed by atoms with van der Waals surface area (Å²) in [5.74, 6) is -1.90. The minimum Gasteiger partial charge on any atom is -0.481 e. The van der Waals surface area contributed by atoms with Crippen molar-refractivity contribution in [3.8, 4) is 0 Å². The van der Waals surface area contributed by atoms with Gasteiger partial charge in [-0.2, -0.15) is 9.78 Å². The maximum absolute atomic E-state index is 11.0. The summed E-state index contributed by atoms with van der Waals surface area (Å²) in [6, 6.07) is 0. The number of aliphatic carboxylic acids is 1. The van der Waals surface area contributed by atoms with Gasteiger partial charge >= 0.3 is 5.97 Å². The lowest BCUT2D eigenvalue weighted by molar-refractivity contribution is -0.691. The molecule has 9 heteroatoms. The zero-order chi connectivity index (χ0) is 11.7. The summed E-state index contributed by atoms with van der Waals surface area (Å²) in [5, 5.41) is 16.4. The fourth-order valence-corrected chi connectivity index (χ4v) is 2.72. The highest BCUT2D eigenvalue weighted by Gasteiger charge is 2.50. The van der Waals surface area contributed by atoms with Gasteiger partial charge in [-0.1, -0.05) is 0 Å².